The fraction of sp³-hybridized carbons (Fsp3) is 0.0667. The lowest BCUT2D eigenvalue weighted by atomic mass is 10.1. The van der Waals surface area contributed by atoms with Crippen LogP contribution < -0.4 is 10.5 Å². The van der Waals surface area contributed by atoms with Crippen molar-refractivity contribution in [3.05, 3.63) is 46.9 Å². The van der Waals surface area contributed by atoms with Gasteiger partial charge in [0, 0.05) is 21.8 Å². The smallest absolute Gasteiger partial charge is 0.262 e. The summed E-state index contributed by atoms with van der Waals surface area (Å²) in [5, 5.41) is 4.01. The number of ether oxygens (including phenoxy) is 1. The van der Waals surface area contributed by atoms with Gasteiger partial charge in [0.25, 0.3) is 5.89 Å². The number of halogens is 1. The van der Waals surface area contributed by atoms with Crippen molar-refractivity contribution in [2.45, 2.75) is 0 Å². The van der Waals surface area contributed by atoms with Gasteiger partial charge in [-0.2, -0.15) is 4.98 Å². The maximum Gasteiger partial charge on any atom is 0.262 e. The Hall–Kier alpha value is -2.34. The number of hydrogen-bond donors (Lipinski definition) is 1. The van der Waals surface area contributed by atoms with E-state index in [1.807, 2.05) is 24.3 Å². The molecule has 3 aromatic rings. The Balaban J connectivity index is 2.02. The van der Waals surface area contributed by atoms with Crippen LogP contribution in [-0.4, -0.2) is 17.3 Å². The predicted octanol–water partition coefficient (Wildman–Crippen LogP) is 3.76. The van der Waals surface area contributed by atoms with Crippen molar-refractivity contribution in [3.8, 4) is 28.6 Å². The van der Waals surface area contributed by atoms with E-state index < -0.39 is 0 Å². The zero-order valence-corrected chi connectivity index (χ0v) is 12.8. The summed E-state index contributed by atoms with van der Waals surface area (Å²) in [7, 11) is 1.57. The highest BCUT2D eigenvalue weighted by Crippen LogP contribution is 2.32. The van der Waals surface area contributed by atoms with Gasteiger partial charge in [-0.15, -0.1) is 0 Å². The summed E-state index contributed by atoms with van der Waals surface area (Å²) < 4.78 is 11.6. The van der Waals surface area contributed by atoms with Crippen LogP contribution in [0.5, 0.6) is 5.75 Å². The Morgan fingerprint density at radius 2 is 2.05 bits per heavy atom. The molecule has 1 aromatic heterocycles. The molecule has 0 saturated carbocycles. The van der Waals surface area contributed by atoms with E-state index in [1.165, 1.54) is 0 Å². The highest BCUT2D eigenvalue weighted by molar-refractivity contribution is 9.10. The topological polar surface area (TPSA) is 74.2 Å². The largest absolute Gasteiger partial charge is 0.496 e. The molecule has 2 N–H and O–H groups in total. The summed E-state index contributed by atoms with van der Waals surface area (Å²) in [6, 6.07) is 13.0. The third kappa shape index (κ3) is 2.75. The second-order valence-corrected chi connectivity index (χ2v) is 5.31. The summed E-state index contributed by atoms with van der Waals surface area (Å²) in [4.78, 5) is 4.41. The van der Waals surface area contributed by atoms with Crippen molar-refractivity contribution in [2.75, 3.05) is 12.8 Å². The number of methoxy groups -OCH3 is 1. The van der Waals surface area contributed by atoms with E-state index in [0.29, 0.717) is 28.7 Å². The number of nitrogen functional groups attached to an aromatic ring is 1. The molecule has 0 bridgehead atoms. The highest BCUT2D eigenvalue weighted by atomic mass is 79.9. The van der Waals surface area contributed by atoms with E-state index in [0.717, 1.165) is 10.0 Å². The first-order chi connectivity index (χ1) is 10.2. The molecule has 0 fully saturated rings. The van der Waals surface area contributed by atoms with Gasteiger partial charge in [0.05, 0.1) is 12.7 Å². The molecule has 2 aromatic carbocycles. The van der Waals surface area contributed by atoms with E-state index in [4.69, 9.17) is 15.0 Å². The Bertz CT molecular complexity index is 786. The van der Waals surface area contributed by atoms with Crippen molar-refractivity contribution in [3.63, 3.8) is 0 Å². The second kappa shape index (κ2) is 5.57. The number of aromatic nitrogens is 2. The standard InChI is InChI=1S/C15H12BrN3O2/c1-20-13-8-11(17)5-6-12(13)15-18-14(19-21-15)9-3-2-4-10(16)7-9/h2-8H,17H2,1H3. The molecule has 0 saturated heterocycles. The molecule has 3 rings (SSSR count). The Morgan fingerprint density at radius 1 is 1.19 bits per heavy atom. The minimum atomic E-state index is 0.391. The molecule has 0 aliphatic carbocycles. The van der Waals surface area contributed by atoms with Gasteiger partial charge in [0.1, 0.15) is 5.75 Å². The minimum absolute atomic E-state index is 0.391. The quantitative estimate of drug-likeness (QED) is 0.731. The van der Waals surface area contributed by atoms with E-state index in [-0.39, 0.29) is 0 Å². The van der Waals surface area contributed by atoms with Gasteiger partial charge in [-0.25, -0.2) is 0 Å². The number of benzene rings is 2. The molecule has 0 unspecified atom stereocenters. The average Bonchev–Trinajstić information content (AvgIpc) is 2.96. The number of hydrogen-bond acceptors (Lipinski definition) is 5. The van der Waals surface area contributed by atoms with Crippen molar-refractivity contribution < 1.29 is 9.26 Å². The molecule has 21 heavy (non-hydrogen) atoms. The van der Waals surface area contributed by atoms with Crippen molar-refractivity contribution in [1.29, 1.82) is 0 Å². The van der Waals surface area contributed by atoms with Crippen LogP contribution in [0, 0.1) is 0 Å². The van der Waals surface area contributed by atoms with E-state index in [9.17, 15) is 0 Å². The molecule has 1 heterocycles. The average molecular weight is 346 g/mol. The Morgan fingerprint density at radius 3 is 2.81 bits per heavy atom. The lowest BCUT2D eigenvalue weighted by Crippen LogP contribution is -1.91. The zero-order valence-electron chi connectivity index (χ0n) is 11.2. The van der Waals surface area contributed by atoms with Crippen LogP contribution >= 0.6 is 15.9 Å². The maximum atomic E-state index is 5.74. The van der Waals surface area contributed by atoms with Crippen LogP contribution in [0.4, 0.5) is 5.69 Å². The van der Waals surface area contributed by atoms with Gasteiger partial charge < -0.3 is 15.0 Å². The van der Waals surface area contributed by atoms with Crippen LogP contribution in [0.3, 0.4) is 0 Å². The van der Waals surface area contributed by atoms with Crippen LogP contribution in [0.2, 0.25) is 0 Å². The van der Waals surface area contributed by atoms with Crippen molar-refractivity contribution >= 4 is 21.6 Å². The summed E-state index contributed by atoms with van der Waals surface area (Å²) in [6.07, 6.45) is 0. The van der Waals surface area contributed by atoms with Crippen molar-refractivity contribution in [2.24, 2.45) is 0 Å². The van der Waals surface area contributed by atoms with E-state index in [1.54, 1.807) is 25.3 Å². The number of rotatable bonds is 3. The number of nitrogens with zero attached hydrogens (tertiary/aromatic N) is 2. The molecular formula is C15H12BrN3O2. The Labute approximate surface area is 129 Å². The fourth-order valence-electron chi connectivity index (χ4n) is 1.96. The number of nitrogens with two attached hydrogens (primary N) is 1. The monoisotopic (exact) mass is 345 g/mol. The summed E-state index contributed by atoms with van der Waals surface area (Å²) in [5.41, 5.74) is 7.93. The molecule has 0 radical (unpaired) electrons. The first-order valence-corrected chi connectivity index (χ1v) is 7.00. The summed E-state index contributed by atoms with van der Waals surface area (Å²) in [6.45, 7) is 0. The molecule has 0 atom stereocenters. The third-order valence-electron chi connectivity index (χ3n) is 2.96. The van der Waals surface area contributed by atoms with Gasteiger partial charge in [0.2, 0.25) is 5.82 Å². The van der Waals surface area contributed by atoms with Crippen LogP contribution in [0.1, 0.15) is 0 Å². The van der Waals surface area contributed by atoms with Gasteiger partial charge in [-0.1, -0.05) is 33.2 Å². The first kappa shape index (κ1) is 13.6. The molecule has 6 heteroatoms. The van der Waals surface area contributed by atoms with Crippen LogP contribution in [-0.2, 0) is 0 Å². The molecule has 5 nitrogen and oxygen atoms in total. The molecule has 0 spiro atoms. The lowest BCUT2D eigenvalue weighted by molar-refractivity contribution is 0.405. The zero-order chi connectivity index (χ0) is 14.8. The molecule has 0 amide bonds. The van der Waals surface area contributed by atoms with Gasteiger partial charge in [-0.05, 0) is 24.3 Å². The fourth-order valence-corrected chi connectivity index (χ4v) is 2.36. The predicted molar refractivity (Wildman–Crippen MR) is 83.8 cm³/mol. The van der Waals surface area contributed by atoms with Gasteiger partial charge in [-0.3, -0.25) is 0 Å². The summed E-state index contributed by atoms with van der Waals surface area (Å²) >= 11 is 3.42. The minimum Gasteiger partial charge on any atom is -0.496 e. The van der Waals surface area contributed by atoms with Gasteiger partial charge >= 0.3 is 0 Å². The maximum absolute atomic E-state index is 5.74. The van der Waals surface area contributed by atoms with Crippen molar-refractivity contribution in [1.82, 2.24) is 10.1 Å². The van der Waals surface area contributed by atoms with E-state index >= 15 is 0 Å². The summed E-state index contributed by atoms with van der Waals surface area (Å²) in [5.74, 6) is 1.51. The second-order valence-electron chi connectivity index (χ2n) is 4.39. The van der Waals surface area contributed by atoms with Crippen LogP contribution in [0.25, 0.3) is 22.8 Å². The lowest BCUT2D eigenvalue weighted by Gasteiger charge is -2.05. The third-order valence-corrected chi connectivity index (χ3v) is 3.46. The first-order valence-electron chi connectivity index (χ1n) is 6.21. The molecule has 0 aliphatic heterocycles. The van der Waals surface area contributed by atoms with Crippen LogP contribution in [0.15, 0.2) is 51.5 Å². The molecular weight excluding hydrogens is 334 g/mol. The molecule has 106 valence electrons. The normalized spacial score (nSPS) is 10.6. The van der Waals surface area contributed by atoms with Gasteiger partial charge in [0.15, 0.2) is 0 Å². The SMILES string of the molecule is COc1cc(N)ccc1-c1nc(-c2cccc(Br)c2)no1. The highest BCUT2D eigenvalue weighted by Gasteiger charge is 2.15. The Kier molecular flexibility index (Phi) is 3.62. The molecule has 0 aliphatic rings. The van der Waals surface area contributed by atoms with E-state index in [2.05, 4.69) is 26.1 Å². The number of anilines is 1.